The predicted molar refractivity (Wildman–Crippen MR) is 93.2 cm³/mol. The number of anilines is 1. The van der Waals surface area contributed by atoms with Gasteiger partial charge in [-0.05, 0) is 42.7 Å². The van der Waals surface area contributed by atoms with E-state index < -0.39 is 5.41 Å². The fourth-order valence-corrected chi connectivity index (χ4v) is 4.00. The van der Waals surface area contributed by atoms with Gasteiger partial charge in [-0.1, -0.05) is 24.3 Å². The van der Waals surface area contributed by atoms with Crippen LogP contribution in [-0.2, 0) is 10.2 Å². The number of carbonyl (C=O) groups excluding carboxylic acids is 2. The Morgan fingerprint density at radius 2 is 1.96 bits per heavy atom. The van der Waals surface area contributed by atoms with E-state index >= 15 is 0 Å². The smallest absolute Gasteiger partial charge is 0.254 e. The molecule has 5 heteroatoms. The molecule has 0 bridgehead atoms. The quantitative estimate of drug-likeness (QED) is 0.802. The van der Waals surface area contributed by atoms with E-state index in [1.807, 2.05) is 24.3 Å². The molecule has 0 saturated carbocycles. The number of halogens is 1. The molecule has 2 aromatic carbocycles. The van der Waals surface area contributed by atoms with Gasteiger partial charge in [0.05, 0.1) is 5.41 Å². The van der Waals surface area contributed by atoms with E-state index in [-0.39, 0.29) is 17.6 Å². The van der Waals surface area contributed by atoms with Crippen LogP contribution in [0.25, 0.3) is 0 Å². The van der Waals surface area contributed by atoms with Crippen LogP contribution in [0.3, 0.4) is 0 Å². The van der Waals surface area contributed by atoms with E-state index in [4.69, 9.17) is 0 Å². The van der Waals surface area contributed by atoms with E-state index in [1.165, 1.54) is 6.07 Å². The van der Waals surface area contributed by atoms with Crippen LogP contribution in [0.15, 0.2) is 42.5 Å². The van der Waals surface area contributed by atoms with Crippen molar-refractivity contribution in [1.29, 1.82) is 0 Å². The molecule has 128 valence electrons. The molecule has 2 aliphatic heterocycles. The monoisotopic (exact) mass is 338 g/mol. The first-order valence-electron chi connectivity index (χ1n) is 8.37. The zero-order valence-electron chi connectivity index (χ0n) is 14.3. The minimum Gasteiger partial charge on any atom is -0.337 e. The molecular formula is C20H19FN2O2. The maximum atomic E-state index is 13.8. The Kier molecular flexibility index (Phi) is 3.42. The molecule has 1 fully saturated rings. The van der Waals surface area contributed by atoms with Crippen molar-refractivity contribution in [2.24, 2.45) is 0 Å². The molecule has 2 aliphatic rings. The third kappa shape index (κ3) is 2.18. The highest BCUT2D eigenvalue weighted by Crippen LogP contribution is 2.46. The Bertz CT molecular complexity index is 895. The summed E-state index contributed by atoms with van der Waals surface area (Å²) in [5.74, 6) is -0.587. The van der Waals surface area contributed by atoms with Gasteiger partial charge in [0, 0.05) is 31.4 Å². The summed E-state index contributed by atoms with van der Waals surface area (Å²) in [6.45, 7) is 2.49. The van der Waals surface area contributed by atoms with Crippen LogP contribution in [0, 0.1) is 12.7 Å². The summed E-state index contributed by atoms with van der Waals surface area (Å²) in [5, 5.41) is 0. The molecule has 2 amide bonds. The molecule has 1 atom stereocenters. The normalized spacial score (nSPS) is 22.0. The molecule has 0 N–H and O–H groups in total. The summed E-state index contributed by atoms with van der Waals surface area (Å²) in [4.78, 5) is 29.0. The van der Waals surface area contributed by atoms with Crippen molar-refractivity contribution in [3.8, 4) is 0 Å². The average Bonchev–Trinajstić information content (AvgIpc) is 3.15. The SMILES string of the molecule is Cc1ccc(C(=O)N2CC[C@@]3(C2)C(=O)N(C)c2ccccc23)cc1F. The van der Waals surface area contributed by atoms with E-state index in [9.17, 15) is 14.0 Å². The minimum atomic E-state index is -0.676. The van der Waals surface area contributed by atoms with Crippen LogP contribution in [0.5, 0.6) is 0 Å². The highest BCUT2D eigenvalue weighted by Gasteiger charge is 2.54. The fraction of sp³-hybridized carbons (Fsp3) is 0.300. The number of likely N-dealkylation sites (N-methyl/N-ethyl adjacent to an activating group) is 1. The maximum Gasteiger partial charge on any atom is 0.254 e. The van der Waals surface area contributed by atoms with Gasteiger partial charge >= 0.3 is 0 Å². The predicted octanol–water partition coefficient (Wildman–Crippen LogP) is 2.89. The average molecular weight is 338 g/mol. The number of benzene rings is 2. The number of hydrogen-bond donors (Lipinski definition) is 0. The fourth-order valence-electron chi connectivity index (χ4n) is 4.00. The second kappa shape index (κ2) is 5.41. The van der Waals surface area contributed by atoms with Crippen molar-refractivity contribution in [3.05, 3.63) is 65.0 Å². The number of carbonyl (C=O) groups is 2. The molecule has 4 rings (SSSR count). The number of para-hydroxylation sites is 1. The van der Waals surface area contributed by atoms with Crippen LogP contribution in [0.2, 0.25) is 0 Å². The second-order valence-corrected chi connectivity index (χ2v) is 6.90. The maximum absolute atomic E-state index is 13.8. The lowest BCUT2D eigenvalue weighted by Crippen LogP contribution is -2.42. The van der Waals surface area contributed by atoms with Crippen molar-refractivity contribution < 1.29 is 14.0 Å². The van der Waals surface area contributed by atoms with Crippen LogP contribution in [-0.4, -0.2) is 36.9 Å². The Hall–Kier alpha value is -2.69. The van der Waals surface area contributed by atoms with Crippen LogP contribution < -0.4 is 4.90 Å². The number of aryl methyl sites for hydroxylation is 1. The zero-order valence-corrected chi connectivity index (χ0v) is 14.3. The second-order valence-electron chi connectivity index (χ2n) is 6.90. The van der Waals surface area contributed by atoms with E-state index in [2.05, 4.69) is 0 Å². The lowest BCUT2D eigenvalue weighted by molar-refractivity contribution is -0.122. The van der Waals surface area contributed by atoms with Crippen molar-refractivity contribution in [3.63, 3.8) is 0 Å². The summed E-state index contributed by atoms with van der Waals surface area (Å²) in [6.07, 6.45) is 0.591. The van der Waals surface area contributed by atoms with Gasteiger partial charge in [0.2, 0.25) is 5.91 Å². The highest BCUT2D eigenvalue weighted by atomic mass is 19.1. The summed E-state index contributed by atoms with van der Waals surface area (Å²) in [5.41, 5.74) is 2.05. The van der Waals surface area contributed by atoms with Gasteiger partial charge in [0.25, 0.3) is 5.91 Å². The number of rotatable bonds is 1. The molecule has 1 spiro atoms. The van der Waals surface area contributed by atoms with Gasteiger partial charge in [-0.15, -0.1) is 0 Å². The summed E-state index contributed by atoms with van der Waals surface area (Å²) in [6, 6.07) is 12.3. The lowest BCUT2D eigenvalue weighted by atomic mass is 9.81. The standard InChI is InChI=1S/C20H19FN2O2/c1-13-7-8-14(11-16(13)21)18(24)23-10-9-20(12-23)15-5-3-4-6-17(15)22(2)19(20)25/h3-8,11H,9-10,12H2,1-2H3/t20-/m0/s1. The molecule has 0 unspecified atom stereocenters. The Labute approximate surface area is 145 Å². The van der Waals surface area contributed by atoms with Crippen molar-refractivity contribution in [1.82, 2.24) is 4.90 Å². The first-order chi connectivity index (χ1) is 11.9. The Morgan fingerprint density at radius 3 is 2.72 bits per heavy atom. The first kappa shape index (κ1) is 15.8. The molecule has 0 aromatic heterocycles. The zero-order chi connectivity index (χ0) is 17.8. The lowest BCUT2D eigenvalue weighted by Gasteiger charge is -2.23. The van der Waals surface area contributed by atoms with Gasteiger partial charge in [-0.3, -0.25) is 9.59 Å². The van der Waals surface area contributed by atoms with Crippen LogP contribution >= 0.6 is 0 Å². The van der Waals surface area contributed by atoms with Gasteiger partial charge in [0.15, 0.2) is 0 Å². The number of fused-ring (bicyclic) bond motifs is 2. The number of amides is 2. The van der Waals surface area contributed by atoms with Crippen molar-refractivity contribution in [2.45, 2.75) is 18.8 Å². The van der Waals surface area contributed by atoms with Crippen molar-refractivity contribution >= 4 is 17.5 Å². The molecule has 0 radical (unpaired) electrons. The summed E-state index contributed by atoms with van der Waals surface area (Å²) < 4.78 is 13.8. The van der Waals surface area contributed by atoms with Gasteiger partial charge in [-0.2, -0.15) is 0 Å². The van der Waals surface area contributed by atoms with Crippen LogP contribution in [0.4, 0.5) is 10.1 Å². The Balaban J connectivity index is 1.66. The number of likely N-dealkylation sites (tertiary alicyclic amines) is 1. The molecule has 0 aliphatic carbocycles. The van der Waals surface area contributed by atoms with Gasteiger partial charge in [-0.25, -0.2) is 4.39 Å². The third-order valence-corrected chi connectivity index (χ3v) is 5.47. The van der Waals surface area contributed by atoms with E-state index in [0.29, 0.717) is 30.6 Å². The third-order valence-electron chi connectivity index (χ3n) is 5.47. The molecule has 1 saturated heterocycles. The molecular weight excluding hydrogens is 319 g/mol. The van der Waals surface area contributed by atoms with E-state index in [0.717, 1.165) is 11.3 Å². The Morgan fingerprint density at radius 1 is 1.20 bits per heavy atom. The molecule has 25 heavy (non-hydrogen) atoms. The van der Waals surface area contributed by atoms with E-state index in [1.54, 1.807) is 35.9 Å². The van der Waals surface area contributed by atoms with Crippen LogP contribution in [0.1, 0.15) is 27.9 Å². The number of nitrogens with zero attached hydrogens (tertiary/aromatic N) is 2. The molecule has 2 heterocycles. The molecule has 4 nitrogen and oxygen atoms in total. The topological polar surface area (TPSA) is 40.6 Å². The number of hydrogen-bond acceptors (Lipinski definition) is 2. The molecule has 2 aromatic rings. The van der Waals surface area contributed by atoms with Gasteiger partial charge in [0.1, 0.15) is 5.82 Å². The highest BCUT2D eigenvalue weighted by molar-refractivity contribution is 6.09. The summed E-state index contributed by atoms with van der Waals surface area (Å²) in [7, 11) is 1.77. The van der Waals surface area contributed by atoms with Crippen molar-refractivity contribution in [2.75, 3.05) is 25.0 Å². The van der Waals surface area contributed by atoms with Gasteiger partial charge < -0.3 is 9.80 Å². The first-order valence-corrected chi connectivity index (χ1v) is 8.37. The largest absolute Gasteiger partial charge is 0.337 e. The minimum absolute atomic E-state index is 0.0269. The summed E-state index contributed by atoms with van der Waals surface area (Å²) >= 11 is 0.